The Morgan fingerprint density at radius 1 is 1.33 bits per heavy atom. The summed E-state index contributed by atoms with van der Waals surface area (Å²) in [5, 5.41) is 23.1. The number of aliphatic hydroxyl groups is 1. The van der Waals surface area contributed by atoms with Crippen LogP contribution in [0.25, 0.3) is 0 Å². The normalized spacial score (nSPS) is 35.2. The summed E-state index contributed by atoms with van der Waals surface area (Å²) in [6.07, 6.45) is 3.26. The van der Waals surface area contributed by atoms with Crippen molar-refractivity contribution in [2.75, 3.05) is 18.8 Å². The molecule has 0 aromatic heterocycles. The van der Waals surface area contributed by atoms with E-state index in [0.29, 0.717) is 31.2 Å². The molecule has 27 heavy (non-hydrogen) atoms. The van der Waals surface area contributed by atoms with Gasteiger partial charge >= 0.3 is 0 Å². The summed E-state index contributed by atoms with van der Waals surface area (Å²) in [6, 6.07) is 8.63. The van der Waals surface area contributed by atoms with Gasteiger partial charge in [-0.15, -0.1) is 11.8 Å². The van der Waals surface area contributed by atoms with Crippen molar-refractivity contribution in [3.05, 3.63) is 35.6 Å². The molecule has 3 aliphatic rings. The highest BCUT2D eigenvalue weighted by molar-refractivity contribution is 8.00. The molecule has 0 spiro atoms. The van der Waals surface area contributed by atoms with E-state index in [1.165, 1.54) is 23.9 Å². The van der Waals surface area contributed by atoms with Crippen LogP contribution in [-0.2, 0) is 10.4 Å². The molecule has 3 fully saturated rings. The van der Waals surface area contributed by atoms with Crippen LogP contribution in [0.4, 0.5) is 4.39 Å². The fourth-order valence-electron chi connectivity index (χ4n) is 4.99. The first kappa shape index (κ1) is 18.7. The zero-order chi connectivity index (χ0) is 19.0. The zero-order valence-corrected chi connectivity index (χ0v) is 15.9. The van der Waals surface area contributed by atoms with Crippen LogP contribution in [0.2, 0.25) is 0 Å². The molecule has 5 nitrogen and oxygen atoms in total. The van der Waals surface area contributed by atoms with Crippen molar-refractivity contribution in [2.24, 2.45) is 11.8 Å². The van der Waals surface area contributed by atoms with E-state index < -0.39 is 5.60 Å². The minimum absolute atomic E-state index is 0.00794. The number of benzene rings is 1. The van der Waals surface area contributed by atoms with Crippen LogP contribution < -0.4 is 5.32 Å². The molecule has 4 rings (SSSR count). The summed E-state index contributed by atoms with van der Waals surface area (Å²) in [6.45, 7) is 0.912. The van der Waals surface area contributed by atoms with Crippen LogP contribution in [0.15, 0.2) is 24.3 Å². The molecule has 2 N–H and O–H groups in total. The number of nitrogens with zero attached hydrogens (tertiary/aromatic N) is 2. The first-order valence-electron chi connectivity index (χ1n) is 9.51. The van der Waals surface area contributed by atoms with E-state index in [-0.39, 0.29) is 29.7 Å². The minimum Gasteiger partial charge on any atom is -0.385 e. The maximum Gasteiger partial charge on any atom is 0.238 e. The van der Waals surface area contributed by atoms with Gasteiger partial charge in [0.1, 0.15) is 5.82 Å². The molecule has 7 heteroatoms. The van der Waals surface area contributed by atoms with Gasteiger partial charge in [0.25, 0.3) is 0 Å². The monoisotopic (exact) mass is 389 g/mol. The van der Waals surface area contributed by atoms with Crippen molar-refractivity contribution in [2.45, 2.75) is 42.7 Å². The molecule has 1 saturated heterocycles. The Balaban J connectivity index is 1.29. The number of thioether (sulfide) groups is 1. The number of carbonyl (C=O) groups is 1. The number of fused-ring (bicyclic) bond motifs is 1. The Hall–Kier alpha value is -1.62. The van der Waals surface area contributed by atoms with Gasteiger partial charge in [0.2, 0.25) is 5.91 Å². The van der Waals surface area contributed by atoms with Crippen LogP contribution in [0.5, 0.6) is 0 Å². The van der Waals surface area contributed by atoms with E-state index in [4.69, 9.17) is 5.26 Å². The smallest absolute Gasteiger partial charge is 0.238 e. The van der Waals surface area contributed by atoms with Crippen LogP contribution in [0.3, 0.4) is 0 Å². The summed E-state index contributed by atoms with van der Waals surface area (Å²) in [4.78, 5) is 14.0. The third kappa shape index (κ3) is 3.71. The predicted octanol–water partition coefficient (Wildman–Crippen LogP) is 2.22. The van der Waals surface area contributed by atoms with Crippen LogP contribution in [0, 0.1) is 29.0 Å². The molecule has 144 valence electrons. The SMILES string of the molecule is N#CC1SCCN1C(=O)CNC1CC2CC(O)(c3ccc(F)cc3)CC2C1. The van der Waals surface area contributed by atoms with Crippen molar-refractivity contribution in [1.82, 2.24) is 10.2 Å². The molecule has 1 aromatic carbocycles. The van der Waals surface area contributed by atoms with E-state index in [0.717, 1.165) is 24.2 Å². The second-order valence-corrected chi connectivity index (χ2v) is 9.14. The first-order valence-corrected chi connectivity index (χ1v) is 10.6. The van der Waals surface area contributed by atoms with Gasteiger partial charge in [0.15, 0.2) is 5.37 Å². The topological polar surface area (TPSA) is 76.4 Å². The van der Waals surface area contributed by atoms with Gasteiger partial charge in [-0.3, -0.25) is 4.79 Å². The van der Waals surface area contributed by atoms with Gasteiger partial charge in [-0.1, -0.05) is 12.1 Å². The van der Waals surface area contributed by atoms with E-state index in [9.17, 15) is 14.3 Å². The molecular weight excluding hydrogens is 365 g/mol. The number of rotatable bonds is 4. The van der Waals surface area contributed by atoms with Crippen molar-refractivity contribution in [1.29, 1.82) is 5.26 Å². The van der Waals surface area contributed by atoms with Crippen molar-refractivity contribution in [3.8, 4) is 6.07 Å². The summed E-state index contributed by atoms with van der Waals surface area (Å²) in [5.74, 6) is 1.36. The lowest BCUT2D eigenvalue weighted by atomic mass is 9.89. The van der Waals surface area contributed by atoms with E-state index in [1.54, 1.807) is 17.0 Å². The standard InChI is InChI=1S/C20H24FN3O2S/c21-16-3-1-15(2-4-16)20(26)9-13-7-17(8-14(13)10-20)23-12-18(25)24-5-6-27-19(24)11-22/h1-4,13-14,17,19,23,26H,5-10,12H2. The highest BCUT2D eigenvalue weighted by atomic mass is 32.2. The maximum absolute atomic E-state index is 13.1. The summed E-state index contributed by atoms with van der Waals surface area (Å²) < 4.78 is 13.1. The van der Waals surface area contributed by atoms with Crippen LogP contribution in [0.1, 0.15) is 31.2 Å². The van der Waals surface area contributed by atoms with Crippen molar-refractivity contribution < 1.29 is 14.3 Å². The lowest BCUT2D eigenvalue weighted by molar-refractivity contribution is -0.129. The van der Waals surface area contributed by atoms with Crippen molar-refractivity contribution >= 4 is 17.7 Å². The Kier molecular flexibility index (Phi) is 5.15. The molecule has 1 aliphatic heterocycles. The highest BCUT2D eigenvalue weighted by Gasteiger charge is 2.49. The summed E-state index contributed by atoms with van der Waals surface area (Å²) >= 11 is 1.51. The van der Waals surface area contributed by atoms with Gasteiger partial charge in [0.05, 0.1) is 18.2 Å². The largest absolute Gasteiger partial charge is 0.385 e. The van der Waals surface area contributed by atoms with Gasteiger partial charge in [-0.05, 0) is 55.2 Å². The molecule has 2 saturated carbocycles. The number of nitriles is 1. The number of nitrogens with one attached hydrogen (secondary N) is 1. The Morgan fingerprint density at radius 3 is 2.63 bits per heavy atom. The fraction of sp³-hybridized carbons (Fsp3) is 0.600. The summed E-state index contributed by atoms with van der Waals surface area (Å²) in [7, 11) is 0. The Labute approximate surface area is 162 Å². The van der Waals surface area contributed by atoms with Gasteiger partial charge in [0, 0.05) is 18.3 Å². The number of hydrogen-bond donors (Lipinski definition) is 2. The average Bonchev–Trinajstić information content (AvgIpc) is 3.33. The number of amides is 1. The second-order valence-electron chi connectivity index (χ2n) is 7.96. The summed E-state index contributed by atoms with van der Waals surface area (Å²) in [5.41, 5.74) is -0.0663. The minimum atomic E-state index is -0.864. The van der Waals surface area contributed by atoms with Gasteiger partial charge < -0.3 is 15.3 Å². The first-order chi connectivity index (χ1) is 13.0. The molecule has 3 atom stereocenters. The van der Waals surface area contributed by atoms with Crippen LogP contribution >= 0.6 is 11.8 Å². The number of carbonyl (C=O) groups excluding carboxylic acids is 1. The molecule has 1 amide bonds. The average molecular weight is 389 g/mol. The van der Waals surface area contributed by atoms with E-state index >= 15 is 0 Å². The predicted molar refractivity (Wildman–Crippen MR) is 101 cm³/mol. The number of halogens is 1. The fourth-order valence-corrected chi connectivity index (χ4v) is 5.99. The third-order valence-corrected chi connectivity index (χ3v) is 7.38. The molecule has 0 radical (unpaired) electrons. The van der Waals surface area contributed by atoms with Crippen molar-refractivity contribution in [3.63, 3.8) is 0 Å². The second kappa shape index (κ2) is 7.42. The van der Waals surface area contributed by atoms with Gasteiger partial charge in [-0.2, -0.15) is 5.26 Å². The van der Waals surface area contributed by atoms with Crippen LogP contribution in [-0.4, -0.2) is 46.2 Å². The molecule has 1 heterocycles. The molecule has 3 unspecified atom stereocenters. The molecule has 0 bridgehead atoms. The Bertz CT molecular complexity index is 737. The quantitative estimate of drug-likeness (QED) is 0.826. The van der Waals surface area contributed by atoms with Gasteiger partial charge in [-0.25, -0.2) is 4.39 Å². The lowest BCUT2D eigenvalue weighted by Gasteiger charge is -2.26. The third-order valence-electron chi connectivity index (χ3n) is 6.29. The molecule has 1 aromatic rings. The maximum atomic E-state index is 13.1. The lowest BCUT2D eigenvalue weighted by Crippen LogP contribution is -2.42. The highest BCUT2D eigenvalue weighted by Crippen LogP contribution is 2.52. The Morgan fingerprint density at radius 2 is 2.00 bits per heavy atom. The zero-order valence-electron chi connectivity index (χ0n) is 15.1. The molecule has 2 aliphatic carbocycles. The van der Waals surface area contributed by atoms with E-state index in [2.05, 4.69) is 11.4 Å². The number of hydrogen-bond acceptors (Lipinski definition) is 5. The molecular formula is C20H24FN3O2S. The van der Waals surface area contributed by atoms with E-state index in [1.807, 2.05) is 0 Å².